The van der Waals surface area contributed by atoms with E-state index in [2.05, 4.69) is 76.6 Å². The summed E-state index contributed by atoms with van der Waals surface area (Å²) in [5.41, 5.74) is 1.69. The van der Waals surface area contributed by atoms with Gasteiger partial charge in [-0.3, -0.25) is 9.11 Å². The highest BCUT2D eigenvalue weighted by Gasteiger charge is 2.62. The van der Waals surface area contributed by atoms with Crippen molar-refractivity contribution in [2.45, 2.75) is 124 Å². The Morgan fingerprint density at radius 2 is 1.30 bits per heavy atom. The standard InChI is InChI=1S/C41H56N4O6S2/c1-32-9-7-11-34(21-24-44-27-25-42(3)30-44)29-36(35-13-17-38(18-14-35)52(46,47)48)12-8-10-33(2)41(45-28-26-43(4)31-45)23-6-5-22-40(32,41)37-15-19-39(20-16-37)53(49,50)51/h13-20,25-28,30-34,36H,5-12,21-24,29H2,1-4H3/p+2. The van der Waals surface area contributed by atoms with Crippen molar-refractivity contribution in [3.05, 3.63) is 97.1 Å². The summed E-state index contributed by atoms with van der Waals surface area (Å²) in [5, 5.41) is 0. The third-order valence-electron chi connectivity index (χ3n) is 13.0. The first-order chi connectivity index (χ1) is 25.1. The number of nitrogens with zero attached hydrogens (tertiary/aromatic N) is 4. The quantitative estimate of drug-likeness (QED) is 0.145. The Kier molecular flexibility index (Phi) is 11.7. The molecule has 0 aliphatic heterocycles. The van der Waals surface area contributed by atoms with E-state index >= 15 is 0 Å². The summed E-state index contributed by atoms with van der Waals surface area (Å²) in [6.07, 6.45) is 25.2. The van der Waals surface area contributed by atoms with Crippen LogP contribution in [0.5, 0.6) is 0 Å². The average molecular weight is 767 g/mol. The molecule has 6 unspecified atom stereocenters. The van der Waals surface area contributed by atoms with Gasteiger partial charge in [0.1, 0.15) is 30.3 Å². The van der Waals surface area contributed by atoms with Crippen LogP contribution in [0.25, 0.3) is 0 Å². The molecule has 2 aromatic carbocycles. The van der Waals surface area contributed by atoms with Gasteiger partial charge in [-0.25, -0.2) is 18.3 Å². The zero-order valence-electron chi connectivity index (χ0n) is 31.7. The molecule has 6 atom stereocenters. The molecule has 12 heteroatoms. The van der Waals surface area contributed by atoms with Crippen molar-refractivity contribution in [1.82, 2.24) is 9.13 Å². The lowest BCUT2D eigenvalue weighted by atomic mass is 9.48. The van der Waals surface area contributed by atoms with Gasteiger partial charge >= 0.3 is 0 Å². The molecule has 0 spiro atoms. The molecule has 0 amide bonds. The number of aryl methyl sites for hydroxylation is 3. The van der Waals surface area contributed by atoms with Gasteiger partial charge in [0.25, 0.3) is 20.2 Å². The zero-order chi connectivity index (χ0) is 38.0. The number of aromatic nitrogens is 4. The highest BCUT2D eigenvalue weighted by Crippen LogP contribution is 2.58. The van der Waals surface area contributed by atoms with Crippen molar-refractivity contribution in [2.75, 3.05) is 0 Å². The predicted molar refractivity (Wildman–Crippen MR) is 203 cm³/mol. The Hall–Kier alpha value is -3.32. The summed E-state index contributed by atoms with van der Waals surface area (Å²) in [5.74, 6) is 1.24. The van der Waals surface area contributed by atoms with Crippen molar-refractivity contribution in [3.63, 3.8) is 0 Å². The lowest BCUT2D eigenvalue weighted by Gasteiger charge is -2.57. The molecule has 53 heavy (non-hydrogen) atoms. The van der Waals surface area contributed by atoms with E-state index in [4.69, 9.17) is 0 Å². The van der Waals surface area contributed by atoms with Gasteiger partial charge in [-0.2, -0.15) is 16.8 Å². The lowest BCUT2D eigenvalue weighted by Crippen LogP contribution is -2.72. The molecule has 288 valence electrons. The fourth-order valence-electron chi connectivity index (χ4n) is 10.4. The molecule has 6 rings (SSSR count). The van der Waals surface area contributed by atoms with Gasteiger partial charge in [-0.15, -0.1) is 0 Å². The van der Waals surface area contributed by atoms with Gasteiger partial charge in [-0.1, -0.05) is 63.8 Å². The highest BCUT2D eigenvalue weighted by molar-refractivity contribution is 7.86. The van der Waals surface area contributed by atoms with Gasteiger partial charge in [0.05, 0.1) is 30.4 Å². The van der Waals surface area contributed by atoms with Crippen LogP contribution in [0.15, 0.2) is 95.8 Å². The third-order valence-corrected chi connectivity index (χ3v) is 14.8. The van der Waals surface area contributed by atoms with Gasteiger partial charge in [0.15, 0.2) is 0 Å². The van der Waals surface area contributed by atoms with Gasteiger partial charge in [0.2, 0.25) is 12.7 Å². The lowest BCUT2D eigenvalue weighted by molar-refractivity contribution is -0.788. The van der Waals surface area contributed by atoms with Crippen LogP contribution >= 0.6 is 0 Å². The predicted octanol–water partition coefficient (Wildman–Crippen LogP) is 7.15. The van der Waals surface area contributed by atoms with Crippen molar-refractivity contribution >= 4 is 20.2 Å². The molecule has 4 aromatic rings. The van der Waals surface area contributed by atoms with Crippen LogP contribution < -0.4 is 9.13 Å². The Labute approximate surface area is 316 Å². The van der Waals surface area contributed by atoms with Crippen LogP contribution in [0.4, 0.5) is 0 Å². The second-order valence-corrected chi connectivity index (χ2v) is 19.0. The fourth-order valence-corrected chi connectivity index (χ4v) is 11.4. The average Bonchev–Trinajstić information content (AvgIpc) is 3.76. The van der Waals surface area contributed by atoms with E-state index in [0.717, 1.165) is 94.7 Å². The molecular weight excluding hydrogens is 709 g/mol. The first kappa shape index (κ1) is 39.4. The van der Waals surface area contributed by atoms with Crippen molar-refractivity contribution in [2.24, 2.45) is 31.8 Å². The maximum absolute atomic E-state index is 12.2. The fraction of sp³-hybridized carbons (Fsp3) is 0.561. The van der Waals surface area contributed by atoms with Crippen LogP contribution in [-0.4, -0.2) is 35.1 Å². The van der Waals surface area contributed by atoms with E-state index in [-0.39, 0.29) is 38.5 Å². The molecule has 2 aliphatic carbocycles. The summed E-state index contributed by atoms with van der Waals surface area (Å²) in [6, 6.07) is 14.0. The summed E-state index contributed by atoms with van der Waals surface area (Å²) in [7, 11) is -4.50. The summed E-state index contributed by atoms with van der Waals surface area (Å²) < 4.78 is 76.7. The first-order valence-electron chi connectivity index (χ1n) is 19.3. The normalized spacial score (nSPS) is 28.0. The Balaban J connectivity index is 1.43. The smallest absolute Gasteiger partial charge is 0.282 e. The molecule has 2 saturated carbocycles. The minimum absolute atomic E-state index is 0.0773. The molecule has 2 heterocycles. The molecule has 2 aromatic heterocycles. The monoisotopic (exact) mass is 766 g/mol. The molecule has 0 radical (unpaired) electrons. The number of fused-ring (bicyclic) bond motifs is 1. The van der Waals surface area contributed by atoms with Crippen LogP contribution in [0.3, 0.4) is 0 Å². The largest absolute Gasteiger partial charge is 0.294 e. The maximum Gasteiger partial charge on any atom is 0.294 e. The minimum Gasteiger partial charge on any atom is -0.282 e. The molecule has 2 fully saturated rings. The maximum atomic E-state index is 12.2. The first-order valence-corrected chi connectivity index (χ1v) is 22.2. The second-order valence-electron chi connectivity index (χ2n) is 16.2. The van der Waals surface area contributed by atoms with E-state index in [1.54, 1.807) is 12.1 Å². The van der Waals surface area contributed by atoms with E-state index < -0.39 is 20.2 Å². The van der Waals surface area contributed by atoms with Gasteiger partial charge < -0.3 is 0 Å². The number of hydrogen-bond acceptors (Lipinski definition) is 4. The van der Waals surface area contributed by atoms with Gasteiger partial charge in [-0.05, 0) is 105 Å². The summed E-state index contributed by atoms with van der Waals surface area (Å²) in [6.45, 7) is 5.75. The van der Waals surface area contributed by atoms with Crippen LogP contribution in [0, 0.1) is 17.8 Å². The van der Waals surface area contributed by atoms with E-state index in [1.165, 1.54) is 12.1 Å². The SMILES string of the molecule is CC1CCCC(CC[n+]2ccn(C)c2)CC(c2ccc(S(=O)(=O)O)cc2)CCCC(C)C2([n+]3ccn(C)c3)CCCCC12c1ccc(S(=O)(=O)O)cc1. The van der Waals surface area contributed by atoms with Crippen molar-refractivity contribution < 1.29 is 35.1 Å². The topological polar surface area (TPSA) is 126 Å². The number of rotatable bonds is 8. The molecule has 0 saturated heterocycles. The van der Waals surface area contributed by atoms with Crippen molar-refractivity contribution in [3.8, 4) is 0 Å². The highest BCUT2D eigenvalue weighted by atomic mass is 32.2. The Bertz CT molecular complexity index is 2060. The third kappa shape index (κ3) is 8.21. The van der Waals surface area contributed by atoms with E-state index in [9.17, 15) is 25.9 Å². The van der Waals surface area contributed by atoms with E-state index in [0.29, 0.717) is 5.92 Å². The molecule has 0 bridgehead atoms. The van der Waals surface area contributed by atoms with Crippen molar-refractivity contribution in [1.29, 1.82) is 0 Å². The summed E-state index contributed by atoms with van der Waals surface area (Å²) >= 11 is 0. The molecule has 10 nitrogen and oxygen atoms in total. The second kappa shape index (κ2) is 15.8. The van der Waals surface area contributed by atoms with Crippen LogP contribution in [-0.2, 0) is 51.8 Å². The Morgan fingerprint density at radius 3 is 1.91 bits per heavy atom. The van der Waals surface area contributed by atoms with E-state index in [1.807, 2.05) is 31.3 Å². The number of hydrogen-bond donors (Lipinski definition) is 2. The number of benzene rings is 2. The zero-order valence-corrected chi connectivity index (χ0v) is 33.4. The van der Waals surface area contributed by atoms with Crippen LogP contribution in [0.1, 0.15) is 108 Å². The molecular formula is C41H58N4O6S2+2. The number of imidazole rings is 2. The molecule has 2 aliphatic rings. The molecule has 2 N–H and O–H groups in total. The van der Waals surface area contributed by atoms with Gasteiger partial charge in [0, 0.05) is 11.3 Å². The minimum atomic E-state index is -4.33. The van der Waals surface area contributed by atoms with Crippen LogP contribution in [0.2, 0.25) is 0 Å². The Morgan fingerprint density at radius 1 is 0.717 bits per heavy atom. The summed E-state index contributed by atoms with van der Waals surface area (Å²) in [4.78, 5) is -0.155.